The first-order valence-corrected chi connectivity index (χ1v) is 5.95. The number of furan rings is 1. The summed E-state index contributed by atoms with van der Waals surface area (Å²) in [5.41, 5.74) is 0.862. The highest BCUT2D eigenvalue weighted by Gasteiger charge is 2.11. The van der Waals surface area contributed by atoms with Crippen LogP contribution in [0.2, 0.25) is 0 Å². The molecule has 0 spiro atoms. The van der Waals surface area contributed by atoms with E-state index in [1.165, 1.54) is 0 Å². The van der Waals surface area contributed by atoms with Crippen LogP contribution in [-0.4, -0.2) is 18.6 Å². The van der Waals surface area contributed by atoms with E-state index in [2.05, 4.69) is 10.3 Å². The summed E-state index contributed by atoms with van der Waals surface area (Å²) >= 11 is 0. The minimum Gasteiger partial charge on any atom is -0.453 e. The summed E-state index contributed by atoms with van der Waals surface area (Å²) in [6, 6.07) is 9.87. The number of aromatic nitrogens is 1. The zero-order chi connectivity index (χ0) is 12.4. The Kier molecular flexibility index (Phi) is 2.86. The smallest absolute Gasteiger partial charge is 0.196 e. The van der Waals surface area contributed by atoms with Crippen LogP contribution < -0.4 is 5.32 Å². The molecule has 92 valence electrons. The summed E-state index contributed by atoms with van der Waals surface area (Å²) in [5, 5.41) is 4.13. The summed E-state index contributed by atoms with van der Waals surface area (Å²) in [6.45, 7) is 0.847. The summed E-state index contributed by atoms with van der Waals surface area (Å²) in [7, 11) is 1.91. The lowest BCUT2D eigenvalue weighted by atomic mass is 10.2. The first-order chi connectivity index (χ1) is 8.86. The lowest BCUT2D eigenvalue weighted by Gasteiger charge is -1.93. The highest BCUT2D eigenvalue weighted by atomic mass is 16.4. The first-order valence-electron chi connectivity index (χ1n) is 5.95. The molecule has 2 aromatic heterocycles. The molecule has 3 aromatic rings. The molecular weight excluding hydrogens is 228 g/mol. The van der Waals surface area contributed by atoms with Gasteiger partial charge in [-0.05, 0) is 19.2 Å². The van der Waals surface area contributed by atoms with Crippen LogP contribution in [0.15, 0.2) is 45.4 Å². The van der Waals surface area contributed by atoms with E-state index < -0.39 is 0 Å². The zero-order valence-corrected chi connectivity index (χ0v) is 10.1. The second-order valence-corrected chi connectivity index (χ2v) is 4.12. The third kappa shape index (κ3) is 2.02. The van der Waals surface area contributed by atoms with Crippen LogP contribution in [0.25, 0.3) is 22.5 Å². The fourth-order valence-electron chi connectivity index (χ4n) is 1.87. The number of benzene rings is 1. The van der Waals surface area contributed by atoms with Gasteiger partial charge in [0.1, 0.15) is 5.58 Å². The van der Waals surface area contributed by atoms with Crippen LogP contribution in [0.4, 0.5) is 0 Å². The first kappa shape index (κ1) is 11.0. The second kappa shape index (κ2) is 4.66. The fourth-order valence-corrected chi connectivity index (χ4v) is 1.87. The van der Waals surface area contributed by atoms with E-state index in [0.717, 1.165) is 35.6 Å². The van der Waals surface area contributed by atoms with Gasteiger partial charge >= 0.3 is 0 Å². The normalized spacial score (nSPS) is 11.2. The van der Waals surface area contributed by atoms with Gasteiger partial charge in [0.2, 0.25) is 0 Å². The molecule has 3 rings (SSSR count). The number of fused-ring (bicyclic) bond motifs is 1. The molecule has 4 heteroatoms. The van der Waals surface area contributed by atoms with Crippen LogP contribution in [-0.2, 0) is 6.42 Å². The van der Waals surface area contributed by atoms with Crippen molar-refractivity contribution in [2.45, 2.75) is 6.42 Å². The van der Waals surface area contributed by atoms with Crippen molar-refractivity contribution in [3.8, 4) is 11.5 Å². The predicted molar refractivity (Wildman–Crippen MR) is 69.3 cm³/mol. The Bertz CT molecular complexity index is 621. The molecule has 2 heterocycles. The lowest BCUT2D eigenvalue weighted by molar-refractivity contribution is 0.484. The topological polar surface area (TPSA) is 51.2 Å². The molecule has 0 fully saturated rings. The quantitative estimate of drug-likeness (QED) is 0.764. The molecule has 0 atom stereocenters. The van der Waals surface area contributed by atoms with Crippen molar-refractivity contribution >= 4 is 11.0 Å². The Labute approximate surface area is 105 Å². The van der Waals surface area contributed by atoms with Crippen LogP contribution in [0, 0.1) is 0 Å². The molecule has 0 radical (unpaired) electrons. The van der Waals surface area contributed by atoms with Crippen molar-refractivity contribution in [1.29, 1.82) is 0 Å². The zero-order valence-electron chi connectivity index (χ0n) is 10.1. The lowest BCUT2D eigenvalue weighted by Crippen LogP contribution is -2.10. The minimum absolute atomic E-state index is 0.678. The largest absolute Gasteiger partial charge is 0.453 e. The molecule has 18 heavy (non-hydrogen) atoms. The van der Waals surface area contributed by atoms with Gasteiger partial charge in [0, 0.05) is 18.4 Å². The molecule has 0 unspecified atom stereocenters. The van der Waals surface area contributed by atoms with Gasteiger partial charge in [-0.1, -0.05) is 18.2 Å². The number of nitrogens with one attached hydrogen (secondary N) is 1. The fraction of sp³-hybridized carbons (Fsp3) is 0.214. The predicted octanol–water partition coefficient (Wildman–Crippen LogP) is 2.85. The van der Waals surface area contributed by atoms with Crippen molar-refractivity contribution in [2.24, 2.45) is 0 Å². The van der Waals surface area contributed by atoms with E-state index in [1.54, 1.807) is 6.20 Å². The molecule has 4 nitrogen and oxygen atoms in total. The molecule has 0 saturated carbocycles. The maximum absolute atomic E-state index is 5.72. The number of oxazole rings is 1. The molecule has 0 aliphatic rings. The number of rotatable bonds is 4. The van der Waals surface area contributed by atoms with Crippen molar-refractivity contribution in [2.75, 3.05) is 13.6 Å². The van der Waals surface area contributed by atoms with E-state index in [4.69, 9.17) is 8.83 Å². The van der Waals surface area contributed by atoms with Gasteiger partial charge in [0.25, 0.3) is 0 Å². The molecule has 0 aliphatic carbocycles. The number of hydrogen-bond donors (Lipinski definition) is 1. The highest BCUT2D eigenvalue weighted by Crippen LogP contribution is 2.28. The Morgan fingerprint density at radius 1 is 1.17 bits per heavy atom. The SMILES string of the molecule is CNCCc1ncc(-c2cc3ccccc3o2)o1. The van der Waals surface area contributed by atoms with Gasteiger partial charge < -0.3 is 14.2 Å². The molecule has 1 N–H and O–H groups in total. The molecule has 0 saturated heterocycles. The molecule has 0 bridgehead atoms. The third-order valence-electron chi connectivity index (χ3n) is 2.81. The Hall–Kier alpha value is -2.07. The maximum Gasteiger partial charge on any atom is 0.196 e. The summed E-state index contributed by atoms with van der Waals surface area (Å²) in [5.74, 6) is 2.12. The minimum atomic E-state index is 0.678. The molecule has 0 aliphatic heterocycles. The highest BCUT2D eigenvalue weighted by molar-refractivity contribution is 5.81. The Morgan fingerprint density at radius 3 is 2.89 bits per heavy atom. The summed E-state index contributed by atoms with van der Waals surface area (Å²) in [4.78, 5) is 4.23. The van der Waals surface area contributed by atoms with Crippen LogP contribution in [0.3, 0.4) is 0 Å². The second-order valence-electron chi connectivity index (χ2n) is 4.12. The van der Waals surface area contributed by atoms with Crippen LogP contribution in [0.5, 0.6) is 0 Å². The van der Waals surface area contributed by atoms with Gasteiger partial charge in [0.15, 0.2) is 17.4 Å². The van der Waals surface area contributed by atoms with Gasteiger partial charge in [-0.2, -0.15) is 0 Å². The van der Waals surface area contributed by atoms with Gasteiger partial charge in [-0.25, -0.2) is 4.98 Å². The van der Waals surface area contributed by atoms with E-state index in [0.29, 0.717) is 5.76 Å². The van der Waals surface area contributed by atoms with Crippen molar-refractivity contribution < 1.29 is 8.83 Å². The van der Waals surface area contributed by atoms with Crippen molar-refractivity contribution in [1.82, 2.24) is 10.3 Å². The van der Waals surface area contributed by atoms with Crippen molar-refractivity contribution in [3.05, 3.63) is 42.4 Å². The molecule has 1 aromatic carbocycles. The molecular formula is C14H14N2O2. The summed E-state index contributed by atoms with van der Waals surface area (Å²) in [6.07, 6.45) is 2.49. The Morgan fingerprint density at radius 2 is 2.06 bits per heavy atom. The standard InChI is InChI=1S/C14H14N2O2/c1-15-7-6-14-16-9-13(18-14)12-8-10-4-2-3-5-11(10)17-12/h2-5,8-9,15H,6-7H2,1H3. The van der Waals surface area contributed by atoms with Crippen LogP contribution in [0.1, 0.15) is 5.89 Å². The van der Waals surface area contributed by atoms with Gasteiger partial charge in [0.05, 0.1) is 6.20 Å². The Balaban J connectivity index is 1.91. The number of para-hydroxylation sites is 1. The number of nitrogens with zero attached hydrogens (tertiary/aromatic N) is 1. The number of likely N-dealkylation sites (N-methyl/N-ethyl adjacent to an activating group) is 1. The average Bonchev–Trinajstić information content (AvgIpc) is 3.02. The molecule has 0 amide bonds. The monoisotopic (exact) mass is 242 g/mol. The maximum atomic E-state index is 5.72. The average molecular weight is 242 g/mol. The van der Waals surface area contributed by atoms with Crippen LogP contribution >= 0.6 is 0 Å². The van der Waals surface area contributed by atoms with Crippen molar-refractivity contribution in [3.63, 3.8) is 0 Å². The van der Waals surface area contributed by atoms with Gasteiger partial charge in [-0.15, -0.1) is 0 Å². The third-order valence-corrected chi connectivity index (χ3v) is 2.81. The number of hydrogen-bond acceptors (Lipinski definition) is 4. The summed E-state index contributed by atoms with van der Waals surface area (Å²) < 4.78 is 11.4. The van der Waals surface area contributed by atoms with Gasteiger partial charge in [-0.3, -0.25) is 0 Å². The van der Waals surface area contributed by atoms with E-state index >= 15 is 0 Å². The van der Waals surface area contributed by atoms with E-state index in [1.807, 2.05) is 37.4 Å². The van der Waals surface area contributed by atoms with E-state index in [9.17, 15) is 0 Å². The van der Waals surface area contributed by atoms with E-state index in [-0.39, 0.29) is 0 Å².